The Labute approximate surface area is 235 Å². The number of ether oxygens (including phenoxy) is 1. The summed E-state index contributed by atoms with van der Waals surface area (Å²) >= 11 is 1.60. The summed E-state index contributed by atoms with van der Waals surface area (Å²) in [6, 6.07) is 26.2. The number of thiazole rings is 1. The highest BCUT2D eigenvalue weighted by molar-refractivity contribution is 7.13. The molecule has 3 aromatic heterocycles. The molecule has 200 valence electrons. The second-order valence-corrected chi connectivity index (χ2v) is 11.4. The molecule has 0 aliphatic carbocycles. The molecule has 0 atom stereocenters. The van der Waals surface area contributed by atoms with E-state index in [9.17, 15) is 9.90 Å². The topological polar surface area (TPSA) is 90.1 Å². The van der Waals surface area contributed by atoms with E-state index in [1.807, 2.05) is 72.4 Å². The first-order valence-electron chi connectivity index (χ1n) is 13.0. The Bertz CT molecular complexity index is 1830. The first kappa shape index (κ1) is 25.7. The number of hydrogen-bond donors (Lipinski definition) is 1. The third-order valence-corrected chi connectivity index (χ3v) is 7.83. The van der Waals surface area contributed by atoms with Gasteiger partial charge in [0.1, 0.15) is 18.2 Å². The van der Waals surface area contributed by atoms with Crippen LogP contribution in [0.2, 0.25) is 0 Å². The van der Waals surface area contributed by atoms with E-state index < -0.39 is 11.4 Å². The predicted molar refractivity (Wildman–Crippen MR) is 158 cm³/mol. The van der Waals surface area contributed by atoms with Crippen LogP contribution in [0.3, 0.4) is 0 Å². The lowest BCUT2D eigenvalue weighted by molar-refractivity contribution is -0.146. The van der Waals surface area contributed by atoms with Crippen LogP contribution in [0.5, 0.6) is 5.75 Å². The standard InChI is InChI=1S/C32H28N4O3S/c1-32(2,31(37)38)16-30-35-27-15-25(39-19-24-11-10-22-7-3-4-9-26(22)34-24)12-13-28(27)36(30)18-21-6-5-8-23(14-21)29-17-33-20-40-29/h3-15,17,20H,16,18-19H2,1-2H3,(H,37,38). The van der Waals surface area contributed by atoms with Crippen molar-refractivity contribution in [3.63, 3.8) is 0 Å². The number of fused-ring (bicyclic) bond motifs is 2. The fraction of sp³-hybridized carbons (Fsp3) is 0.188. The molecule has 3 heterocycles. The van der Waals surface area contributed by atoms with Crippen molar-refractivity contribution in [3.05, 3.63) is 108 Å². The van der Waals surface area contributed by atoms with Crippen molar-refractivity contribution in [1.82, 2.24) is 19.5 Å². The smallest absolute Gasteiger partial charge is 0.309 e. The van der Waals surface area contributed by atoms with E-state index in [0.717, 1.165) is 49.5 Å². The molecule has 0 bridgehead atoms. The molecule has 6 aromatic rings. The monoisotopic (exact) mass is 548 g/mol. The van der Waals surface area contributed by atoms with Gasteiger partial charge in [-0.1, -0.05) is 42.5 Å². The third-order valence-electron chi connectivity index (χ3n) is 7.01. The molecule has 0 fully saturated rings. The number of nitrogens with zero attached hydrogens (tertiary/aromatic N) is 4. The first-order valence-corrected chi connectivity index (χ1v) is 13.9. The summed E-state index contributed by atoms with van der Waals surface area (Å²) < 4.78 is 8.21. The Kier molecular flexibility index (Phi) is 6.77. The van der Waals surface area contributed by atoms with E-state index >= 15 is 0 Å². The number of aliphatic carboxylic acids is 1. The van der Waals surface area contributed by atoms with Crippen LogP contribution in [0.25, 0.3) is 32.4 Å². The summed E-state index contributed by atoms with van der Waals surface area (Å²) in [5, 5.41) is 10.9. The van der Waals surface area contributed by atoms with Crippen LogP contribution in [-0.4, -0.2) is 30.6 Å². The fourth-order valence-corrected chi connectivity index (χ4v) is 5.36. The Morgan fingerprint density at radius 2 is 1.85 bits per heavy atom. The summed E-state index contributed by atoms with van der Waals surface area (Å²) in [5.74, 6) is 0.549. The number of imidazole rings is 1. The van der Waals surface area contributed by atoms with Crippen molar-refractivity contribution < 1.29 is 14.6 Å². The Morgan fingerprint density at radius 1 is 0.975 bits per heavy atom. The summed E-state index contributed by atoms with van der Waals surface area (Å²) in [6.07, 6.45) is 2.16. The van der Waals surface area contributed by atoms with Gasteiger partial charge in [0.15, 0.2) is 0 Å². The summed E-state index contributed by atoms with van der Waals surface area (Å²) in [5.41, 5.74) is 6.53. The SMILES string of the molecule is CC(C)(Cc1nc2cc(OCc3ccc4ccccc4n3)ccc2n1Cc1cccc(-c2cncs2)c1)C(=O)O. The van der Waals surface area contributed by atoms with Crippen molar-refractivity contribution in [3.8, 4) is 16.2 Å². The lowest BCUT2D eigenvalue weighted by Gasteiger charge is -2.19. The normalized spacial score (nSPS) is 11.8. The van der Waals surface area contributed by atoms with E-state index in [0.29, 0.717) is 25.3 Å². The van der Waals surface area contributed by atoms with Crippen molar-refractivity contribution in [2.45, 2.75) is 33.4 Å². The van der Waals surface area contributed by atoms with Crippen LogP contribution in [0, 0.1) is 5.41 Å². The molecular weight excluding hydrogens is 520 g/mol. The zero-order valence-electron chi connectivity index (χ0n) is 22.2. The highest BCUT2D eigenvalue weighted by Crippen LogP contribution is 2.30. The number of benzene rings is 3. The number of hydrogen-bond acceptors (Lipinski definition) is 6. The van der Waals surface area contributed by atoms with Crippen molar-refractivity contribution in [2.24, 2.45) is 5.41 Å². The lowest BCUT2D eigenvalue weighted by Crippen LogP contribution is -2.27. The number of pyridine rings is 1. The molecule has 0 amide bonds. The fourth-order valence-electron chi connectivity index (χ4n) is 4.74. The Morgan fingerprint density at radius 3 is 2.67 bits per heavy atom. The minimum Gasteiger partial charge on any atom is -0.487 e. The molecule has 6 rings (SSSR count). The van der Waals surface area contributed by atoms with Crippen LogP contribution in [0.1, 0.15) is 30.9 Å². The summed E-state index contributed by atoms with van der Waals surface area (Å²) in [7, 11) is 0. The van der Waals surface area contributed by atoms with Crippen LogP contribution >= 0.6 is 11.3 Å². The van der Waals surface area contributed by atoms with Gasteiger partial charge in [0, 0.05) is 30.6 Å². The summed E-state index contributed by atoms with van der Waals surface area (Å²) in [4.78, 5) is 26.9. The van der Waals surface area contributed by atoms with E-state index in [-0.39, 0.29) is 0 Å². The number of aromatic nitrogens is 4. The average molecular weight is 549 g/mol. The number of para-hydroxylation sites is 1. The van der Waals surface area contributed by atoms with Crippen LogP contribution in [0.4, 0.5) is 0 Å². The zero-order valence-corrected chi connectivity index (χ0v) is 23.1. The lowest BCUT2D eigenvalue weighted by atomic mass is 9.89. The van der Waals surface area contributed by atoms with Crippen LogP contribution in [-0.2, 0) is 24.4 Å². The third kappa shape index (κ3) is 5.31. The molecule has 1 N–H and O–H groups in total. The van der Waals surface area contributed by atoms with Gasteiger partial charge in [-0.25, -0.2) is 9.97 Å². The van der Waals surface area contributed by atoms with E-state index in [4.69, 9.17) is 14.7 Å². The van der Waals surface area contributed by atoms with Gasteiger partial charge in [0.25, 0.3) is 0 Å². The van der Waals surface area contributed by atoms with Gasteiger partial charge in [-0.2, -0.15) is 0 Å². The largest absolute Gasteiger partial charge is 0.487 e. The number of rotatable bonds is 9. The van der Waals surface area contributed by atoms with E-state index in [1.165, 1.54) is 0 Å². The number of carbonyl (C=O) groups is 1. The molecule has 3 aromatic carbocycles. The minimum absolute atomic E-state index is 0.294. The highest BCUT2D eigenvalue weighted by atomic mass is 32.1. The average Bonchev–Trinajstić information content (AvgIpc) is 3.60. The Balaban J connectivity index is 1.31. The Hall–Kier alpha value is -4.56. The first-order chi connectivity index (χ1) is 19.4. The second-order valence-electron chi connectivity index (χ2n) is 10.5. The molecular formula is C32H28N4O3S. The molecule has 0 spiro atoms. The zero-order chi connectivity index (χ0) is 27.7. The molecule has 40 heavy (non-hydrogen) atoms. The van der Waals surface area contributed by atoms with Gasteiger partial charge >= 0.3 is 5.97 Å². The van der Waals surface area contributed by atoms with Crippen LogP contribution < -0.4 is 4.74 Å². The van der Waals surface area contributed by atoms with E-state index in [2.05, 4.69) is 27.8 Å². The van der Waals surface area contributed by atoms with Gasteiger partial charge in [-0.3, -0.25) is 9.78 Å². The van der Waals surface area contributed by atoms with Gasteiger partial charge in [0.2, 0.25) is 0 Å². The van der Waals surface area contributed by atoms with Crippen molar-refractivity contribution >= 4 is 39.2 Å². The number of carboxylic acids is 1. The molecule has 7 nitrogen and oxygen atoms in total. The van der Waals surface area contributed by atoms with Gasteiger partial charge in [0.05, 0.1) is 38.0 Å². The maximum absolute atomic E-state index is 12.0. The van der Waals surface area contributed by atoms with Gasteiger partial charge in [-0.05, 0) is 55.3 Å². The maximum atomic E-state index is 12.0. The molecule has 0 aliphatic rings. The van der Waals surface area contributed by atoms with Crippen LogP contribution in [0.15, 0.2) is 90.6 Å². The molecule has 0 saturated heterocycles. The molecule has 0 unspecified atom stereocenters. The minimum atomic E-state index is -0.968. The molecule has 0 radical (unpaired) electrons. The second kappa shape index (κ2) is 10.5. The summed E-state index contributed by atoms with van der Waals surface area (Å²) in [6.45, 7) is 4.36. The van der Waals surface area contributed by atoms with E-state index in [1.54, 1.807) is 25.2 Å². The predicted octanol–water partition coefficient (Wildman–Crippen LogP) is 6.99. The molecule has 8 heteroatoms. The molecule has 0 saturated carbocycles. The van der Waals surface area contributed by atoms with Gasteiger partial charge < -0.3 is 14.4 Å². The molecule has 0 aliphatic heterocycles. The quantitative estimate of drug-likeness (QED) is 0.209. The van der Waals surface area contributed by atoms with Gasteiger partial charge in [-0.15, -0.1) is 11.3 Å². The van der Waals surface area contributed by atoms with Crippen molar-refractivity contribution in [2.75, 3.05) is 0 Å². The highest BCUT2D eigenvalue weighted by Gasteiger charge is 2.30. The van der Waals surface area contributed by atoms with Crippen molar-refractivity contribution in [1.29, 1.82) is 0 Å². The number of carboxylic acid groups (broad SMARTS) is 1. The maximum Gasteiger partial charge on any atom is 0.309 e.